The van der Waals surface area contributed by atoms with E-state index in [2.05, 4.69) is 10.3 Å². The molecule has 1 N–H and O–H groups in total. The van der Waals surface area contributed by atoms with Gasteiger partial charge in [0.2, 0.25) is 11.6 Å². The summed E-state index contributed by atoms with van der Waals surface area (Å²) in [6.45, 7) is 0.652. The molecule has 0 aliphatic heterocycles. The minimum absolute atomic E-state index is 0.0310. The second-order valence-electron chi connectivity index (χ2n) is 10.6. The number of rotatable bonds is 6. The van der Waals surface area contributed by atoms with Crippen LogP contribution in [0.5, 0.6) is 0 Å². The maximum Gasteiger partial charge on any atom is 0.426 e. The predicted molar refractivity (Wildman–Crippen MR) is 137 cm³/mol. The fourth-order valence-corrected chi connectivity index (χ4v) is 8.74. The first-order valence-corrected chi connectivity index (χ1v) is 14.3. The van der Waals surface area contributed by atoms with Crippen LogP contribution in [-0.4, -0.2) is 25.5 Å². The van der Waals surface area contributed by atoms with Gasteiger partial charge in [0.1, 0.15) is 10.6 Å². The molecule has 2 aliphatic rings. The minimum Gasteiger partial charge on any atom is -0.352 e. The molecule has 5 nitrogen and oxygen atoms in total. The molecule has 11 heteroatoms. The number of fused-ring (bicyclic) bond motifs is 3. The topological polar surface area (TPSA) is 76.1 Å². The van der Waals surface area contributed by atoms with Gasteiger partial charge < -0.3 is 5.32 Å². The highest BCUT2D eigenvalue weighted by Gasteiger charge is 2.62. The van der Waals surface area contributed by atoms with Crippen LogP contribution >= 0.6 is 0 Å². The van der Waals surface area contributed by atoms with Crippen molar-refractivity contribution < 1.29 is 35.2 Å². The summed E-state index contributed by atoms with van der Waals surface area (Å²) in [5.41, 5.74) is -2.87. The number of nitrogens with one attached hydrogen (secondary N) is 1. The smallest absolute Gasteiger partial charge is 0.352 e. The fourth-order valence-electron chi connectivity index (χ4n) is 6.27. The lowest BCUT2D eigenvalue weighted by Gasteiger charge is -2.42. The van der Waals surface area contributed by atoms with Crippen molar-refractivity contribution in [2.24, 2.45) is 11.8 Å². The summed E-state index contributed by atoms with van der Waals surface area (Å²) >= 11 is 0. The number of aromatic nitrogens is 1. The Hall–Kier alpha value is -3.34. The number of pyridine rings is 1. The Labute approximate surface area is 228 Å². The van der Waals surface area contributed by atoms with Crippen LogP contribution in [-0.2, 0) is 38.0 Å². The van der Waals surface area contributed by atoms with Gasteiger partial charge in [-0.1, -0.05) is 18.2 Å². The molecule has 4 atom stereocenters. The average molecular weight is 579 g/mol. The van der Waals surface area contributed by atoms with Crippen LogP contribution in [0, 0.1) is 17.7 Å². The van der Waals surface area contributed by atoms with Crippen molar-refractivity contribution in [2.75, 3.05) is 0 Å². The van der Waals surface area contributed by atoms with E-state index >= 15 is 0 Å². The standard InChI is InChI=1S/C29H27F5N2O3S/c1-27(31,29(32,33)34)20-3-9-24-19(16-20)2-8-25-23(26(37)36-17-18-11-14-35-15-12-18)10-13-28(24,25)40(38,39)22-6-4-21(30)5-7-22/h3-7,9,11-12,14-16,23,25H,2,8,10,13,17H2,1H3,(H,36,37)/t23-,25+,27?,28-/m0/s1. The predicted octanol–water partition coefficient (Wildman–Crippen LogP) is 5.93. The Kier molecular flexibility index (Phi) is 7.00. The van der Waals surface area contributed by atoms with Crippen molar-refractivity contribution in [3.8, 4) is 0 Å². The molecule has 0 saturated heterocycles. The molecule has 2 aromatic carbocycles. The van der Waals surface area contributed by atoms with Crippen LogP contribution in [0.2, 0.25) is 0 Å². The number of amides is 1. The van der Waals surface area contributed by atoms with E-state index in [9.17, 15) is 35.2 Å². The van der Waals surface area contributed by atoms with E-state index in [1.54, 1.807) is 24.5 Å². The van der Waals surface area contributed by atoms with Crippen molar-refractivity contribution in [1.29, 1.82) is 0 Å². The average Bonchev–Trinajstić information content (AvgIpc) is 3.33. The summed E-state index contributed by atoms with van der Waals surface area (Å²) < 4.78 is 96.0. The Morgan fingerprint density at radius 2 is 1.70 bits per heavy atom. The van der Waals surface area contributed by atoms with E-state index in [-0.39, 0.29) is 48.6 Å². The van der Waals surface area contributed by atoms with Gasteiger partial charge in [0.25, 0.3) is 0 Å². The molecule has 2 aliphatic carbocycles. The Balaban J connectivity index is 1.59. The first kappa shape index (κ1) is 28.2. The van der Waals surface area contributed by atoms with E-state index in [0.717, 1.165) is 42.0 Å². The normalized spacial score (nSPS) is 24.1. The van der Waals surface area contributed by atoms with Crippen molar-refractivity contribution >= 4 is 15.7 Å². The van der Waals surface area contributed by atoms with Crippen LogP contribution in [0.25, 0.3) is 0 Å². The maximum absolute atomic E-state index is 14.9. The maximum atomic E-state index is 14.9. The van der Waals surface area contributed by atoms with Gasteiger partial charge in [-0.15, -0.1) is 0 Å². The molecule has 212 valence electrons. The van der Waals surface area contributed by atoms with Gasteiger partial charge in [-0.25, -0.2) is 17.2 Å². The summed E-state index contributed by atoms with van der Waals surface area (Å²) in [4.78, 5) is 17.2. The number of carbonyl (C=O) groups excluding carboxylic acids is 1. The number of halogens is 5. The van der Waals surface area contributed by atoms with E-state index in [4.69, 9.17) is 0 Å². The third-order valence-electron chi connectivity index (χ3n) is 8.43. The highest BCUT2D eigenvalue weighted by Crippen LogP contribution is 2.59. The molecule has 5 rings (SSSR count). The van der Waals surface area contributed by atoms with Gasteiger partial charge in [-0.3, -0.25) is 9.78 Å². The third kappa shape index (κ3) is 4.48. The number of hydrogen-bond acceptors (Lipinski definition) is 4. The van der Waals surface area contributed by atoms with Crippen LogP contribution in [0.15, 0.2) is 71.9 Å². The molecule has 0 spiro atoms. The zero-order valence-electron chi connectivity index (χ0n) is 21.5. The van der Waals surface area contributed by atoms with Crippen molar-refractivity contribution in [3.63, 3.8) is 0 Å². The molecule has 3 aromatic rings. The fraction of sp³-hybridized carbons (Fsp3) is 0.379. The second kappa shape index (κ2) is 9.94. The SMILES string of the molecule is CC(F)(c1ccc2c(c1)CC[C@@H]1[C@@H](C(=O)NCc3ccncc3)CC[C@]21S(=O)(=O)c1ccc(F)cc1)C(F)(F)F. The van der Waals surface area contributed by atoms with Crippen LogP contribution < -0.4 is 5.32 Å². The van der Waals surface area contributed by atoms with E-state index in [0.29, 0.717) is 12.5 Å². The van der Waals surface area contributed by atoms with E-state index in [1.807, 2.05) is 0 Å². The number of sulfone groups is 1. The first-order valence-electron chi connectivity index (χ1n) is 12.9. The summed E-state index contributed by atoms with van der Waals surface area (Å²) in [5.74, 6) is -2.34. The highest BCUT2D eigenvalue weighted by atomic mass is 32.2. The number of nitrogens with zero attached hydrogens (tertiary/aromatic N) is 1. The Morgan fingerprint density at radius 1 is 1.02 bits per heavy atom. The lowest BCUT2D eigenvalue weighted by atomic mass is 9.72. The molecular weight excluding hydrogens is 551 g/mol. The van der Waals surface area contributed by atoms with Gasteiger partial charge in [0.15, 0.2) is 9.84 Å². The van der Waals surface area contributed by atoms with Gasteiger partial charge in [-0.2, -0.15) is 13.2 Å². The number of alkyl halides is 4. The van der Waals surface area contributed by atoms with Crippen LogP contribution in [0.3, 0.4) is 0 Å². The van der Waals surface area contributed by atoms with Crippen molar-refractivity contribution in [3.05, 3.63) is 95.1 Å². The largest absolute Gasteiger partial charge is 0.426 e. The van der Waals surface area contributed by atoms with Gasteiger partial charge in [-0.05, 0) is 97.2 Å². The molecule has 1 unspecified atom stereocenters. The van der Waals surface area contributed by atoms with Gasteiger partial charge >= 0.3 is 6.18 Å². The van der Waals surface area contributed by atoms with E-state index < -0.39 is 49.6 Å². The van der Waals surface area contributed by atoms with E-state index in [1.165, 1.54) is 6.07 Å². The molecule has 1 aromatic heterocycles. The molecule has 1 saturated carbocycles. The van der Waals surface area contributed by atoms with Crippen molar-refractivity contribution in [2.45, 2.75) is 60.6 Å². The minimum atomic E-state index is -5.17. The first-order chi connectivity index (χ1) is 18.8. The molecule has 40 heavy (non-hydrogen) atoms. The Morgan fingerprint density at radius 3 is 2.35 bits per heavy atom. The zero-order valence-corrected chi connectivity index (χ0v) is 22.3. The zero-order chi connectivity index (χ0) is 28.9. The monoisotopic (exact) mass is 578 g/mol. The summed E-state index contributed by atoms with van der Waals surface area (Å²) in [6, 6.07) is 11.2. The molecule has 1 heterocycles. The molecule has 0 radical (unpaired) electrons. The second-order valence-corrected chi connectivity index (χ2v) is 12.8. The van der Waals surface area contributed by atoms with Crippen LogP contribution in [0.1, 0.15) is 48.4 Å². The molecule has 1 amide bonds. The van der Waals surface area contributed by atoms with Crippen molar-refractivity contribution in [1.82, 2.24) is 10.3 Å². The summed E-state index contributed by atoms with van der Waals surface area (Å²) in [5, 5.41) is 2.87. The molecule has 1 fully saturated rings. The van der Waals surface area contributed by atoms with Crippen LogP contribution in [0.4, 0.5) is 22.0 Å². The highest BCUT2D eigenvalue weighted by molar-refractivity contribution is 7.92. The molecular formula is C29H27F5N2O3S. The summed E-state index contributed by atoms with van der Waals surface area (Å²) in [7, 11) is -4.27. The number of aryl methyl sites for hydroxylation is 1. The summed E-state index contributed by atoms with van der Waals surface area (Å²) in [6.07, 6.45) is -1.37. The lowest BCUT2D eigenvalue weighted by Crippen LogP contribution is -2.47. The third-order valence-corrected chi connectivity index (χ3v) is 11.0. The Bertz CT molecular complexity index is 1530. The van der Waals surface area contributed by atoms with Gasteiger partial charge in [0, 0.05) is 24.9 Å². The van der Waals surface area contributed by atoms with Gasteiger partial charge in [0.05, 0.1) is 4.90 Å². The number of benzene rings is 2. The lowest BCUT2D eigenvalue weighted by molar-refractivity contribution is -0.228. The quantitative estimate of drug-likeness (QED) is 0.291. The number of hydrogen-bond donors (Lipinski definition) is 1. The number of carbonyl (C=O) groups is 1. The molecule has 0 bridgehead atoms.